The normalized spacial score (nSPS) is 11.2. The lowest BCUT2D eigenvalue weighted by molar-refractivity contribution is 0.403. The first-order valence-corrected chi connectivity index (χ1v) is 5.86. The minimum Gasteiger partial charge on any atom is -0.370 e. The van der Waals surface area contributed by atoms with Crippen LogP contribution in [0.25, 0.3) is 0 Å². The third-order valence-electron chi connectivity index (χ3n) is 2.37. The average molecular weight is 362 g/mol. The monoisotopic (exact) mass is 362 g/mol. The Morgan fingerprint density at radius 1 is 1.28 bits per heavy atom. The summed E-state index contributed by atoms with van der Waals surface area (Å²) in [6.45, 7) is 3.84. The minimum absolute atomic E-state index is 0. The quantitative estimate of drug-likeness (QED) is 0.366. The van der Waals surface area contributed by atoms with Gasteiger partial charge in [-0.1, -0.05) is 17.7 Å². The number of halogens is 1. The second kappa shape index (κ2) is 9.16. The van der Waals surface area contributed by atoms with Crippen molar-refractivity contribution in [3.8, 4) is 0 Å². The molecule has 1 aromatic rings. The topological polar surface area (TPSA) is 53.6 Å². The van der Waals surface area contributed by atoms with Gasteiger partial charge in [0.2, 0.25) is 0 Å². The van der Waals surface area contributed by atoms with Crippen LogP contribution < -0.4 is 11.1 Å². The second-order valence-corrected chi connectivity index (χ2v) is 4.41. The zero-order valence-corrected chi connectivity index (χ0v) is 13.6. The second-order valence-electron chi connectivity index (χ2n) is 4.41. The number of nitrogens with one attached hydrogen (secondary N) is 1. The van der Waals surface area contributed by atoms with Crippen molar-refractivity contribution >= 4 is 35.6 Å². The van der Waals surface area contributed by atoms with Crippen LogP contribution in [0.15, 0.2) is 29.3 Å². The van der Waals surface area contributed by atoms with Crippen molar-refractivity contribution in [2.75, 3.05) is 32.5 Å². The van der Waals surface area contributed by atoms with Crippen LogP contribution in [0.5, 0.6) is 0 Å². The molecule has 0 aliphatic heterocycles. The van der Waals surface area contributed by atoms with Gasteiger partial charge in [-0.05, 0) is 46.1 Å². The number of anilines is 1. The summed E-state index contributed by atoms with van der Waals surface area (Å²) in [7, 11) is 4.11. The van der Waals surface area contributed by atoms with Crippen LogP contribution in [-0.2, 0) is 0 Å². The van der Waals surface area contributed by atoms with E-state index in [1.54, 1.807) is 0 Å². The van der Waals surface area contributed by atoms with Crippen molar-refractivity contribution in [1.82, 2.24) is 4.90 Å². The van der Waals surface area contributed by atoms with Gasteiger partial charge in [0.25, 0.3) is 0 Å². The summed E-state index contributed by atoms with van der Waals surface area (Å²) in [5.74, 6) is 0.479. The smallest absolute Gasteiger partial charge is 0.193 e. The van der Waals surface area contributed by atoms with E-state index in [-0.39, 0.29) is 24.0 Å². The number of hydrogen-bond donors (Lipinski definition) is 2. The van der Waals surface area contributed by atoms with Crippen LogP contribution in [0.3, 0.4) is 0 Å². The van der Waals surface area contributed by atoms with E-state index < -0.39 is 0 Å². The SMILES string of the molecule is Cc1ccc(NC(N)=NCCCN(C)C)cc1.I. The summed E-state index contributed by atoms with van der Waals surface area (Å²) in [5, 5.41) is 3.07. The van der Waals surface area contributed by atoms with E-state index in [2.05, 4.69) is 36.2 Å². The van der Waals surface area contributed by atoms with Gasteiger partial charge >= 0.3 is 0 Å². The summed E-state index contributed by atoms with van der Waals surface area (Å²) in [5.41, 5.74) is 8.00. The van der Waals surface area contributed by atoms with Crippen LogP contribution in [0.4, 0.5) is 5.69 Å². The third-order valence-corrected chi connectivity index (χ3v) is 2.37. The van der Waals surface area contributed by atoms with Gasteiger partial charge < -0.3 is 16.0 Å². The molecule has 5 heteroatoms. The molecular weight excluding hydrogens is 339 g/mol. The number of aryl methyl sites for hydroxylation is 1. The standard InChI is InChI=1S/C13H22N4.HI/c1-11-5-7-12(8-6-11)16-13(14)15-9-4-10-17(2)3;/h5-8H,4,9-10H2,1-3H3,(H3,14,15,16);1H. The molecule has 0 saturated heterocycles. The largest absolute Gasteiger partial charge is 0.370 e. The van der Waals surface area contributed by atoms with Gasteiger partial charge in [-0.2, -0.15) is 0 Å². The summed E-state index contributed by atoms with van der Waals surface area (Å²) in [6, 6.07) is 8.08. The fourth-order valence-electron chi connectivity index (χ4n) is 1.41. The molecule has 0 atom stereocenters. The molecule has 0 saturated carbocycles. The molecule has 0 radical (unpaired) electrons. The number of rotatable bonds is 5. The highest BCUT2D eigenvalue weighted by Crippen LogP contribution is 2.07. The maximum Gasteiger partial charge on any atom is 0.193 e. The van der Waals surface area contributed by atoms with E-state index in [0.29, 0.717) is 5.96 Å². The summed E-state index contributed by atoms with van der Waals surface area (Å²) >= 11 is 0. The Morgan fingerprint density at radius 3 is 2.44 bits per heavy atom. The Balaban J connectivity index is 0.00000289. The van der Waals surface area contributed by atoms with Gasteiger partial charge in [0.1, 0.15) is 0 Å². The third kappa shape index (κ3) is 7.50. The van der Waals surface area contributed by atoms with Gasteiger partial charge in [-0.15, -0.1) is 24.0 Å². The maximum atomic E-state index is 5.79. The van der Waals surface area contributed by atoms with Gasteiger partial charge in [0, 0.05) is 12.2 Å². The molecule has 3 N–H and O–H groups in total. The number of hydrogen-bond acceptors (Lipinski definition) is 2. The lowest BCUT2D eigenvalue weighted by Crippen LogP contribution is -2.23. The highest BCUT2D eigenvalue weighted by molar-refractivity contribution is 14.0. The highest BCUT2D eigenvalue weighted by Gasteiger charge is 1.94. The van der Waals surface area contributed by atoms with E-state index in [0.717, 1.165) is 25.2 Å². The predicted octanol–water partition coefficient (Wildman–Crippen LogP) is 2.29. The molecule has 0 heterocycles. The Kier molecular flexibility index (Phi) is 8.74. The van der Waals surface area contributed by atoms with Crippen molar-refractivity contribution in [3.05, 3.63) is 29.8 Å². The number of benzene rings is 1. The Morgan fingerprint density at radius 2 is 1.89 bits per heavy atom. The van der Waals surface area contributed by atoms with Crippen molar-refractivity contribution in [2.24, 2.45) is 10.7 Å². The maximum absolute atomic E-state index is 5.79. The van der Waals surface area contributed by atoms with Crippen LogP contribution in [0.2, 0.25) is 0 Å². The van der Waals surface area contributed by atoms with Gasteiger partial charge in [-0.25, -0.2) is 0 Å². The van der Waals surface area contributed by atoms with Crippen LogP contribution in [-0.4, -0.2) is 38.0 Å². The molecule has 18 heavy (non-hydrogen) atoms. The number of aliphatic imine (C=N–C) groups is 1. The Bertz CT molecular complexity index is 360. The summed E-state index contributed by atoms with van der Waals surface area (Å²) in [6.07, 6.45) is 1.02. The molecule has 0 unspecified atom stereocenters. The van der Waals surface area contributed by atoms with E-state index in [1.807, 2.05) is 24.3 Å². The Hall–Kier alpha value is -0.820. The van der Waals surface area contributed by atoms with Gasteiger partial charge in [0.15, 0.2) is 5.96 Å². The molecule has 102 valence electrons. The van der Waals surface area contributed by atoms with Gasteiger partial charge in [0.05, 0.1) is 0 Å². The van der Waals surface area contributed by atoms with Crippen molar-refractivity contribution < 1.29 is 0 Å². The number of guanidine groups is 1. The van der Waals surface area contributed by atoms with Crippen molar-refractivity contribution in [2.45, 2.75) is 13.3 Å². The van der Waals surface area contributed by atoms with Crippen LogP contribution in [0.1, 0.15) is 12.0 Å². The molecule has 4 nitrogen and oxygen atoms in total. The molecule has 0 bridgehead atoms. The minimum atomic E-state index is 0. The lowest BCUT2D eigenvalue weighted by Gasteiger charge is -2.08. The zero-order chi connectivity index (χ0) is 12.7. The fraction of sp³-hybridized carbons (Fsp3) is 0.462. The van der Waals surface area contributed by atoms with Crippen molar-refractivity contribution in [3.63, 3.8) is 0 Å². The molecule has 0 aromatic heterocycles. The van der Waals surface area contributed by atoms with Crippen molar-refractivity contribution in [1.29, 1.82) is 0 Å². The van der Waals surface area contributed by atoms with E-state index in [1.165, 1.54) is 5.56 Å². The summed E-state index contributed by atoms with van der Waals surface area (Å²) < 4.78 is 0. The molecule has 0 amide bonds. The first-order chi connectivity index (χ1) is 8.08. The molecule has 1 aromatic carbocycles. The average Bonchev–Trinajstić information content (AvgIpc) is 2.27. The summed E-state index contributed by atoms with van der Waals surface area (Å²) in [4.78, 5) is 6.41. The number of nitrogens with two attached hydrogens (primary N) is 1. The highest BCUT2D eigenvalue weighted by atomic mass is 127. The molecule has 0 aliphatic carbocycles. The van der Waals surface area contributed by atoms with E-state index in [9.17, 15) is 0 Å². The molecular formula is C13H23IN4. The van der Waals surface area contributed by atoms with Crippen LogP contribution in [0, 0.1) is 6.92 Å². The molecule has 1 rings (SSSR count). The molecule has 0 aliphatic rings. The zero-order valence-electron chi connectivity index (χ0n) is 11.3. The van der Waals surface area contributed by atoms with Crippen LogP contribution >= 0.6 is 24.0 Å². The first kappa shape index (κ1) is 17.2. The number of nitrogens with zero attached hydrogens (tertiary/aromatic N) is 2. The molecule has 0 spiro atoms. The lowest BCUT2D eigenvalue weighted by atomic mass is 10.2. The van der Waals surface area contributed by atoms with E-state index in [4.69, 9.17) is 5.73 Å². The predicted molar refractivity (Wildman–Crippen MR) is 89.9 cm³/mol. The first-order valence-electron chi connectivity index (χ1n) is 5.86. The fourth-order valence-corrected chi connectivity index (χ4v) is 1.41. The van der Waals surface area contributed by atoms with E-state index >= 15 is 0 Å². The van der Waals surface area contributed by atoms with Gasteiger partial charge in [-0.3, -0.25) is 4.99 Å². The Labute approximate surface area is 127 Å². The molecule has 0 fully saturated rings.